The Hall–Kier alpha value is -0.180. The molecule has 5 nitrogen and oxygen atoms in total. The lowest BCUT2D eigenvalue weighted by Crippen LogP contribution is -2.50. The molecule has 1 aromatic heterocycles. The van der Waals surface area contributed by atoms with Crippen LogP contribution in [0.2, 0.25) is 4.34 Å². The third-order valence-corrected chi connectivity index (χ3v) is 6.60. The number of hydrogen-bond donors (Lipinski definition) is 2. The molecule has 2 unspecified atom stereocenters. The van der Waals surface area contributed by atoms with Gasteiger partial charge in [-0.2, -0.15) is 17.4 Å². The van der Waals surface area contributed by atoms with Gasteiger partial charge in [0.15, 0.2) is 0 Å². The predicted molar refractivity (Wildman–Crippen MR) is 81.2 cm³/mol. The monoisotopic (exact) mass is 338 g/mol. The molecule has 0 radical (unpaired) electrons. The third-order valence-electron chi connectivity index (χ3n) is 3.44. The van der Waals surface area contributed by atoms with E-state index in [-0.39, 0.29) is 18.7 Å². The van der Waals surface area contributed by atoms with Crippen molar-refractivity contribution in [1.82, 2.24) is 9.03 Å². The minimum absolute atomic E-state index is 0.139. The number of nitrogens with zero attached hydrogens (tertiary/aromatic N) is 1. The zero-order valence-corrected chi connectivity index (χ0v) is 13.6. The first-order valence-electron chi connectivity index (χ1n) is 6.59. The molecule has 0 saturated carbocycles. The van der Waals surface area contributed by atoms with E-state index >= 15 is 0 Å². The van der Waals surface area contributed by atoms with Crippen LogP contribution >= 0.6 is 22.9 Å². The Balaban J connectivity index is 2.09. The second-order valence-electron chi connectivity index (χ2n) is 4.93. The smallest absolute Gasteiger partial charge is 0.280 e. The molecule has 20 heavy (non-hydrogen) atoms. The van der Waals surface area contributed by atoms with Gasteiger partial charge in [-0.3, -0.25) is 0 Å². The lowest BCUT2D eigenvalue weighted by atomic mass is 10.1. The normalized spacial score (nSPS) is 22.9. The molecule has 0 spiro atoms. The van der Waals surface area contributed by atoms with Crippen molar-refractivity contribution in [2.24, 2.45) is 0 Å². The van der Waals surface area contributed by atoms with E-state index in [1.807, 2.05) is 6.07 Å². The molecule has 2 rings (SSSR count). The van der Waals surface area contributed by atoms with E-state index in [4.69, 9.17) is 11.6 Å². The van der Waals surface area contributed by atoms with Gasteiger partial charge in [-0.15, -0.1) is 11.3 Å². The maximum absolute atomic E-state index is 12.4. The summed E-state index contributed by atoms with van der Waals surface area (Å²) in [6.45, 7) is 2.11. The van der Waals surface area contributed by atoms with Crippen LogP contribution in [0.25, 0.3) is 0 Å². The van der Waals surface area contributed by atoms with E-state index in [2.05, 4.69) is 4.72 Å². The average molecular weight is 339 g/mol. The lowest BCUT2D eigenvalue weighted by Gasteiger charge is -2.34. The summed E-state index contributed by atoms with van der Waals surface area (Å²) in [7, 11) is -3.60. The number of rotatable bonds is 5. The second-order valence-corrected chi connectivity index (χ2v) is 8.33. The predicted octanol–water partition coefficient (Wildman–Crippen LogP) is 2.14. The molecule has 0 aliphatic carbocycles. The van der Waals surface area contributed by atoms with Gasteiger partial charge in [-0.1, -0.05) is 18.0 Å². The molecule has 0 amide bonds. The van der Waals surface area contributed by atoms with Crippen molar-refractivity contribution in [3.8, 4) is 0 Å². The maximum Gasteiger partial charge on any atom is 0.280 e. The molecule has 1 fully saturated rings. The molecule has 2 N–H and O–H groups in total. The van der Waals surface area contributed by atoms with Gasteiger partial charge in [0.1, 0.15) is 0 Å². The van der Waals surface area contributed by atoms with Crippen LogP contribution in [0.3, 0.4) is 0 Å². The van der Waals surface area contributed by atoms with E-state index in [9.17, 15) is 13.5 Å². The topological polar surface area (TPSA) is 69.6 Å². The third kappa shape index (κ3) is 3.72. The van der Waals surface area contributed by atoms with Crippen molar-refractivity contribution in [3.05, 3.63) is 21.3 Å². The molecule has 1 aliphatic rings. The Kier molecular flexibility index (Phi) is 5.44. The van der Waals surface area contributed by atoms with Gasteiger partial charge in [0.25, 0.3) is 10.2 Å². The van der Waals surface area contributed by atoms with Gasteiger partial charge in [-0.05, 0) is 31.9 Å². The van der Waals surface area contributed by atoms with Gasteiger partial charge < -0.3 is 5.11 Å². The van der Waals surface area contributed by atoms with Gasteiger partial charge in [-0.25, -0.2) is 0 Å². The number of nitrogens with one attached hydrogen (secondary N) is 1. The van der Waals surface area contributed by atoms with Crippen LogP contribution in [0.15, 0.2) is 12.1 Å². The Morgan fingerprint density at radius 1 is 1.55 bits per heavy atom. The Labute approximate surface area is 128 Å². The average Bonchev–Trinajstić information content (AvgIpc) is 2.85. The second kappa shape index (κ2) is 6.72. The van der Waals surface area contributed by atoms with Crippen LogP contribution in [0.5, 0.6) is 0 Å². The van der Waals surface area contributed by atoms with E-state index in [1.54, 1.807) is 13.0 Å². The summed E-state index contributed by atoms with van der Waals surface area (Å²) in [4.78, 5) is 0.871. The largest absolute Gasteiger partial charge is 0.395 e. The van der Waals surface area contributed by atoms with E-state index < -0.39 is 10.2 Å². The van der Waals surface area contributed by atoms with Crippen molar-refractivity contribution in [2.75, 3.05) is 13.2 Å². The SMILES string of the molecule is CC(NS(=O)(=O)N1CCCCC1CO)c1ccc(Cl)s1. The highest BCUT2D eigenvalue weighted by Gasteiger charge is 2.32. The van der Waals surface area contributed by atoms with Crippen LogP contribution < -0.4 is 4.72 Å². The molecule has 8 heteroatoms. The summed E-state index contributed by atoms with van der Waals surface area (Å²) in [6.07, 6.45) is 2.49. The van der Waals surface area contributed by atoms with Crippen molar-refractivity contribution in [3.63, 3.8) is 0 Å². The van der Waals surface area contributed by atoms with Gasteiger partial charge in [0, 0.05) is 17.5 Å². The Morgan fingerprint density at radius 3 is 2.90 bits per heavy atom. The standard InChI is InChI=1S/C12H19ClN2O3S2/c1-9(11-5-6-12(13)19-11)14-20(17,18)15-7-3-2-4-10(15)8-16/h5-6,9-10,14,16H,2-4,7-8H2,1H3. The number of thiophene rings is 1. The van der Waals surface area contributed by atoms with Crippen LogP contribution in [0, 0.1) is 0 Å². The summed E-state index contributed by atoms with van der Waals surface area (Å²) in [6, 6.07) is 2.92. The fourth-order valence-electron chi connectivity index (χ4n) is 2.38. The number of piperidine rings is 1. The molecule has 1 saturated heterocycles. The highest BCUT2D eigenvalue weighted by molar-refractivity contribution is 7.87. The van der Waals surface area contributed by atoms with E-state index in [0.717, 1.165) is 17.7 Å². The van der Waals surface area contributed by atoms with E-state index in [1.165, 1.54) is 15.6 Å². The molecule has 2 atom stereocenters. The fraction of sp³-hybridized carbons (Fsp3) is 0.667. The van der Waals surface area contributed by atoms with Gasteiger partial charge in [0.05, 0.1) is 17.0 Å². The summed E-state index contributed by atoms with van der Waals surface area (Å²) >= 11 is 7.23. The minimum atomic E-state index is -3.60. The lowest BCUT2D eigenvalue weighted by molar-refractivity contribution is 0.153. The highest BCUT2D eigenvalue weighted by Crippen LogP contribution is 2.28. The first kappa shape index (κ1) is 16.2. The van der Waals surface area contributed by atoms with Crippen molar-refractivity contribution < 1.29 is 13.5 Å². The first-order chi connectivity index (χ1) is 9.44. The molecular formula is C12H19ClN2O3S2. The maximum atomic E-state index is 12.4. The minimum Gasteiger partial charge on any atom is -0.395 e. The molecule has 2 heterocycles. The molecule has 0 bridgehead atoms. The fourth-order valence-corrected chi connectivity index (χ4v) is 5.16. The zero-order chi connectivity index (χ0) is 14.8. The van der Waals surface area contributed by atoms with Gasteiger partial charge >= 0.3 is 0 Å². The molecule has 1 aliphatic heterocycles. The summed E-state index contributed by atoms with van der Waals surface area (Å²) in [5.74, 6) is 0. The van der Waals surface area contributed by atoms with Gasteiger partial charge in [0.2, 0.25) is 0 Å². The summed E-state index contributed by atoms with van der Waals surface area (Å²) in [5, 5.41) is 9.33. The van der Waals surface area contributed by atoms with Crippen LogP contribution in [0.1, 0.15) is 37.1 Å². The molecule has 114 valence electrons. The van der Waals surface area contributed by atoms with E-state index in [0.29, 0.717) is 17.3 Å². The molecular weight excluding hydrogens is 320 g/mol. The number of halogens is 1. The van der Waals surface area contributed by atoms with Crippen LogP contribution in [0.4, 0.5) is 0 Å². The van der Waals surface area contributed by atoms with Crippen molar-refractivity contribution in [2.45, 2.75) is 38.3 Å². The quantitative estimate of drug-likeness (QED) is 0.864. The Bertz CT molecular complexity index is 547. The van der Waals surface area contributed by atoms with Crippen molar-refractivity contribution >= 4 is 33.1 Å². The molecule has 1 aromatic rings. The zero-order valence-electron chi connectivity index (χ0n) is 11.3. The number of aliphatic hydroxyl groups is 1. The van der Waals surface area contributed by atoms with Crippen LogP contribution in [-0.2, 0) is 10.2 Å². The summed E-state index contributed by atoms with van der Waals surface area (Å²) in [5.41, 5.74) is 0. The number of aliphatic hydroxyl groups excluding tert-OH is 1. The first-order valence-corrected chi connectivity index (χ1v) is 9.22. The molecule has 0 aromatic carbocycles. The van der Waals surface area contributed by atoms with Crippen molar-refractivity contribution in [1.29, 1.82) is 0 Å². The highest BCUT2D eigenvalue weighted by atomic mass is 35.5. The Morgan fingerprint density at radius 2 is 2.30 bits per heavy atom. The summed E-state index contributed by atoms with van der Waals surface area (Å²) < 4.78 is 29.5. The van der Waals surface area contributed by atoms with Crippen LogP contribution in [-0.4, -0.2) is 37.0 Å². The number of hydrogen-bond acceptors (Lipinski definition) is 4.